The Bertz CT molecular complexity index is 1690. The third-order valence-corrected chi connectivity index (χ3v) is 9.72. The SMILES string of the molecule is C#Cc1cccc2cc(O)cc(-c3cnc4c(N5CC6CCC(C5)N6)nc(OCC56CCCN5CCC6)nc4c3)c12. The van der Waals surface area contributed by atoms with E-state index in [1.807, 2.05) is 30.5 Å². The maximum Gasteiger partial charge on any atom is 0.319 e. The molecule has 8 rings (SSSR count). The van der Waals surface area contributed by atoms with Gasteiger partial charge in [-0.3, -0.25) is 9.88 Å². The molecule has 0 radical (unpaired) electrons. The van der Waals surface area contributed by atoms with Crippen LogP contribution in [0.3, 0.4) is 0 Å². The van der Waals surface area contributed by atoms with Gasteiger partial charge in [-0.2, -0.15) is 9.97 Å². The molecule has 4 aromatic rings. The Morgan fingerprint density at radius 1 is 1.07 bits per heavy atom. The monoisotopic (exact) mass is 546 g/mol. The number of phenols is 1. The number of nitrogens with one attached hydrogen (secondary N) is 1. The van der Waals surface area contributed by atoms with Gasteiger partial charge in [0, 0.05) is 47.9 Å². The van der Waals surface area contributed by atoms with E-state index in [2.05, 4.69) is 21.0 Å². The summed E-state index contributed by atoms with van der Waals surface area (Å²) in [7, 11) is 0. The first-order valence-electron chi connectivity index (χ1n) is 14.9. The van der Waals surface area contributed by atoms with E-state index >= 15 is 0 Å². The molecular weight excluding hydrogens is 512 g/mol. The van der Waals surface area contributed by atoms with Crippen molar-refractivity contribution < 1.29 is 9.84 Å². The molecule has 0 spiro atoms. The van der Waals surface area contributed by atoms with E-state index in [-0.39, 0.29) is 11.3 Å². The van der Waals surface area contributed by atoms with Gasteiger partial charge in [-0.05, 0) is 86.8 Å². The molecule has 8 heteroatoms. The molecule has 2 bridgehead atoms. The number of piperazine rings is 1. The molecule has 8 nitrogen and oxygen atoms in total. The van der Waals surface area contributed by atoms with Crippen molar-refractivity contribution in [1.82, 2.24) is 25.2 Å². The standard InChI is InChI=1S/C33H34N6O2/c1-2-21-6-3-7-22-14-26(40)16-27(29(21)22)23-15-28-30(34-17-23)31(38-18-24-8-9-25(19-38)35-24)37-32(36-28)41-20-33-10-4-12-39(33)13-5-11-33/h1,3,6-7,14-17,24-25,35,40H,4-5,8-13,18-20H2. The second-order valence-electron chi connectivity index (χ2n) is 12.2. The van der Waals surface area contributed by atoms with Crippen molar-refractivity contribution in [2.24, 2.45) is 0 Å². The fourth-order valence-corrected chi connectivity index (χ4v) is 7.80. The summed E-state index contributed by atoms with van der Waals surface area (Å²) in [5.74, 6) is 3.83. The number of anilines is 1. The highest BCUT2D eigenvalue weighted by atomic mass is 16.5. The number of aromatic nitrogens is 3. The van der Waals surface area contributed by atoms with Gasteiger partial charge in [0.05, 0.1) is 11.1 Å². The lowest BCUT2D eigenvalue weighted by molar-refractivity contribution is 0.108. The topological polar surface area (TPSA) is 86.6 Å². The van der Waals surface area contributed by atoms with E-state index < -0.39 is 0 Å². The molecule has 41 heavy (non-hydrogen) atoms. The van der Waals surface area contributed by atoms with Crippen molar-refractivity contribution in [3.05, 3.63) is 48.2 Å². The summed E-state index contributed by atoms with van der Waals surface area (Å²) in [5, 5.41) is 16.1. The number of rotatable bonds is 5. The van der Waals surface area contributed by atoms with Gasteiger partial charge >= 0.3 is 6.01 Å². The average molecular weight is 547 g/mol. The Balaban J connectivity index is 1.24. The highest BCUT2D eigenvalue weighted by molar-refractivity contribution is 6.02. The van der Waals surface area contributed by atoms with Crippen LogP contribution in [-0.2, 0) is 0 Å². The average Bonchev–Trinajstić information content (AvgIpc) is 3.68. The minimum atomic E-state index is 0.110. The number of ether oxygens (including phenoxy) is 1. The van der Waals surface area contributed by atoms with Gasteiger partial charge in [0.2, 0.25) is 0 Å². The fourth-order valence-electron chi connectivity index (χ4n) is 7.80. The second-order valence-corrected chi connectivity index (χ2v) is 12.2. The Morgan fingerprint density at radius 2 is 1.88 bits per heavy atom. The van der Waals surface area contributed by atoms with E-state index in [1.54, 1.807) is 12.1 Å². The van der Waals surface area contributed by atoms with Gasteiger partial charge in [-0.1, -0.05) is 18.1 Å². The lowest BCUT2D eigenvalue weighted by Crippen LogP contribution is -2.51. The number of fused-ring (bicyclic) bond motifs is 5. The molecule has 0 aliphatic carbocycles. The van der Waals surface area contributed by atoms with E-state index in [9.17, 15) is 5.11 Å². The van der Waals surface area contributed by atoms with E-state index in [1.165, 1.54) is 38.5 Å². The summed E-state index contributed by atoms with van der Waals surface area (Å²) in [5.41, 5.74) is 4.06. The Kier molecular flexibility index (Phi) is 5.80. The first-order valence-corrected chi connectivity index (χ1v) is 14.9. The number of hydrogen-bond acceptors (Lipinski definition) is 8. The largest absolute Gasteiger partial charge is 0.508 e. The Hall–Kier alpha value is -3.93. The van der Waals surface area contributed by atoms with Gasteiger partial charge in [-0.15, -0.1) is 6.42 Å². The van der Waals surface area contributed by atoms with Crippen LogP contribution in [0.15, 0.2) is 42.6 Å². The molecule has 2 unspecified atom stereocenters. The zero-order valence-electron chi connectivity index (χ0n) is 23.1. The van der Waals surface area contributed by atoms with Gasteiger partial charge in [0.1, 0.15) is 17.9 Å². The second kappa shape index (κ2) is 9.57. The van der Waals surface area contributed by atoms with Crippen molar-refractivity contribution in [3.63, 3.8) is 0 Å². The summed E-state index contributed by atoms with van der Waals surface area (Å²) in [6.07, 6.45) is 14.9. The smallest absolute Gasteiger partial charge is 0.319 e. The Morgan fingerprint density at radius 3 is 2.66 bits per heavy atom. The molecule has 2 N–H and O–H groups in total. The summed E-state index contributed by atoms with van der Waals surface area (Å²) in [6, 6.07) is 12.7. The van der Waals surface area contributed by atoms with E-state index in [0.29, 0.717) is 24.7 Å². The van der Waals surface area contributed by atoms with Crippen LogP contribution in [0.2, 0.25) is 0 Å². The van der Waals surface area contributed by atoms with Crippen molar-refractivity contribution in [1.29, 1.82) is 0 Å². The highest BCUT2D eigenvalue weighted by Crippen LogP contribution is 2.40. The number of nitrogens with zero attached hydrogens (tertiary/aromatic N) is 5. The molecule has 2 aromatic carbocycles. The number of pyridine rings is 1. The molecule has 6 heterocycles. The molecule has 0 amide bonds. The van der Waals surface area contributed by atoms with Crippen LogP contribution < -0.4 is 15.0 Å². The fraction of sp³-hybridized carbons (Fsp3) is 0.424. The van der Waals surface area contributed by atoms with Crippen LogP contribution in [0.5, 0.6) is 11.8 Å². The van der Waals surface area contributed by atoms with Crippen molar-refractivity contribution in [2.75, 3.05) is 37.7 Å². The first kappa shape index (κ1) is 24.8. The summed E-state index contributed by atoms with van der Waals surface area (Å²) >= 11 is 0. The molecule has 0 saturated carbocycles. The quantitative estimate of drug-likeness (QED) is 0.355. The first-order chi connectivity index (χ1) is 20.1. The van der Waals surface area contributed by atoms with Gasteiger partial charge in [0.15, 0.2) is 5.82 Å². The maximum absolute atomic E-state index is 10.6. The van der Waals surface area contributed by atoms with Crippen LogP contribution in [0, 0.1) is 12.3 Å². The number of aromatic hydroxyl groups is 1. The molecule has 4 fully saturated rings. The van der Waals surface area contributed by atoms with Crippen molar-refractivity contribution in [3.8, 4) is 35.2 Å². The molecule has 4 saturated heterocycles. The summed E-state index contributed by atoms with van der Waals surface area (Å²) in [6.45, 7) is 4.71. The Labute approximate surface area is 239 Å². The molecule has 2 atom stereocenters. The lowest BCUT2D eigenvalue weighted by atomic mass is 9.95. The molecule has 4 aliphatic rings. The van der Waals surface area contributed by atoms with E-state index in [4.69, 9.17) is 26.1 Å². The van der Waals surface area contributed by atoms with Gasteiger partial charge < -0.3 is 20.1 Å². The van der Waals surface area contributed by atoms with Crippen LogP contribution >= 0.6 is 0 Å². The normalized spacial score (nSPS) is 23.2. The minimum absolute atomic E-state index is 0.110. The highest BCUT2D eigenvalue weighted by Gasteiger charge is 2.45. The third-order valence-electron chi connectivity index (χ3n) is 9.72. The maximum atomic E-state index is 10.6. The molecule has 2 aromatic heterocycles. The lowest BCUT2D eigenvalue weighted by Gasteiger charge is -2.34. The van der Waals surface area contributed by atoms with Crippen LogP contribution in [0.25, 0.3) is 32.9 Å². The third kappa shape index (κ3) is 4.18. The number of hydrogen-bond donors (Lipinski definition) is 2. The number of terminal acetylenes is 1. The summed E-state index contributed by atoms with van der Waals surface area (Å²) < 4.78 is 6.47. The van der Waals surface area contributed by atoms with Crippen molar-refractivity contribution >= 4 is 27.6 Å². The zero-order chi connectivity index (χ0) is 27.6. The van der Waals surface area contributed by atoms with Crippen LogP contribution in [0.4, 0.5) is 5.82 Å². The van der Waals surface area contributed by atoms with Gasteiger partial charge in [-0.25, -0.2) is 0 Å². The summed E-state index contributed by atoms with van der Waals surface area (Å²) in [4.78, 5) is 19.8. The van der Waals surface area contributed by atoms with Crippen LogP contribution in [-0.4, -0.2) is 75.4 Å². The molecule has 4 aliphatic heterocycles. The predicted octanol–water partition coefficient (Wildman–Crippen LogP) is 4.48. The number of benzene rings is 2. The van der Waals surface area contributed by atoms with E-state index in [0.717, 1.165) is 70.5 Å². The zero-order valence-corrected chi connectivity index (χ0v) is 23.1. The number of phenolic OH excluding ortho intramolecular Hbond substituents is 1. The van der Waals surface area contributed by atoms with Crippen LogP contribution in [0.1, 0.15) is 44.1 Å². The van der Waals surface area contributed by atoms with Gasteiger partial charge in [0.25, 0.3) is 0 Å². The minimum Gasteiger partial charge on any atom is -0.508 e. The van der Waals surface area contributed by atoms with Crippen molar-refractivity contribution in [2.45, 2.75) is 56.1 Å². The predicted molar refractivity (Wildman–Crippen MR) is 160 cm³/mol. The molecular formula is C33H34N6O2. The molecule has 208 valence electrons.